The van der Waals surface area contributed by atoms with Gasteiger partial charge in [0.25, 0.3) is 0 Å². The Labute approximate surface area is 164 Å². The third kappa shape index (κ3) is 5.64. The van der Waals surface area contributed by atoms with E-state index in [0.717, 1.165) is 55.5 Å². The number of aliphatic imine (C=N–C) groups is 1. The number of aryl methyl sites for hydroxylation is 1. The van der Waals surface area contributed by atoms with Gasteiger partial charge in [0.1, 0.15) is 17.6 Å². The van der Waals surface area contributed by atoms with Crippen molar-refractivity contribution in [1.82, 2.24) is 30.4 Å². The molecule has 2 N–H and O–H groups in total. The van der Waals surface area contributed by atoms with E-state index in [1.54, 1.807) is 19.4 Å². The van der Waals surface area contributed by atoms with E-state index < -0.39 is 0 Å². The predicted molar refractivity (Wildman–Crippen MR) is 105 cm³/mol. The second-order valence-corrected chi connectivity index (χ2v) is 6.83. The Morgan fingerprint density at radius 3 is 3.07 bits per heavy atom. The molecular weight excluding hydrogens is 366 g/mol. The quantitative estimate of drug-likeness (QED) is 0.423. The van der Waals surface area contributed by atoms with Crippen LogP contribution in [0, 0.1) is 0 Å². The second kappa shape index (κ2) is 9.66. The zero-order chi connectivity index (χ0) is 19.1. The first-order valence-electron chi connectivity index (χ1n) is 9.24. The summed E-state index contributed by atoms with van der Waals surface area (Å²) in [6.45, 7) is 4.78. The Bertz CT molecular complexity index is 760. The molecule has 1 aliphatic rings. The zero-order valence-corrected chi connectivity index (χ0v) is 16.5. The van der Waals surface area contributed by atoms with Gasteiger partial charge in [0, 0.05) is 38.9 Å². The Morgan fingerprint density at radius 2 is 2.33 bits per heavy atom. The lowest BCUT2D eigenvalue weighted by Gasteiger charge is -2.25. The van der Waals surface area contributed by atoms with Gasteiger partial charge in [-0.1, -0.05) is 17.7 Å². The van der Waals surface area contributed by atoms with Gasteiger partial charge in [-0.25, -0.2) is 14.6 Å². The van der Waals surface area contributed by atoms with Crippen LogP contribution in [0.2, 0.25) is 5.15 Å². The number of rotatable bonds is 7. The van der Waals surface area contributed by atoms with Gasteiger partial charge in [-0.15, -0.1) is 0 Å². The summed E-state index contributed by atoms with van der Waals surface area (Å²) in [4.78, 5) is 13.3. The summed E-state index contributed by atoms with van der Waals surface area (Å²) in [5.41, 5.74) is 1.12. The number of nitrogens with one attached hydrogen (secondary N) is 2. The van der Waals surface area contributed by atoms with Gasteiger partial charge >= 0.3 is 0 Å². The number of hydrogen-bond acceptors (Lipinski definition) is 5. The standard InChI is InChI=1S/C18H26ClN7O/c1-3-20-18(21-9-8-13-4-6-15(19)22-10-13)23-14-5-7-17-24-16(12-27-2)25-26(17)11-14/h4,6,10,14H,3,5,7-9,11-12H2,1-2H3,(H2,20,21,23). The minimum absolute atomic E-state index is 0.268. The lowest BCUT2D eigenvalue weighted by molar-refractivity contribution is 0.177. The maximum Gasteiger partial charge on any atom is 0.191 e. The van der Waals surface area contributed by atoms with Gasteiger partial charge in [0.2, 0.25) is 0 Å². The van der Waals surface area contributed by atoms with Crippen LogP contribution in [-0.4, -0.2) is 51.9 Å². The average Bonchev–Trinajstić information content (AvgIpc) is 3.05. The van der Waals surface area contributed by atoms with Crippen LogP contribution in [0.15, 0.2) is 23.3 Å². The van der Waals surface area contributed by atoms with Crippen molar-refractivity contribution in [2.24, 2.45) is 4.99 Å². The van der Waals surface area contributed by atoms with Crippen molar-refractivity contribution in [3.05, 3.63) is 40.7 Å². The predicted octanol–water partition coefficient (Wildman–Crippen LogP) is 1.59. The number of aromatic nitrogens is 4. The highest BCUT2D eigenvalue weighted by Crippen LogP contribution is 2.13. The normalized spacial score (nSPS) is 16.9. The summed E-state index contributed by atoms with van der Waals surface area (Å²) in [6.07, 6.45) is 4.50. The molecule has 9 heteroatoms. The summed E-state index contributed by atoms with van der Waals surface area (Å²) in [5.74, 6) is 2.59. The van der Waals surface area contributed by atoms with Gasteiger partial charge in [0.15, 0.2) is 11.8 Å². The van der Waals surface area contributed by atoms with E-state index in [9.17, 15) is 0 Å². The Balaban J connectivity index is 1.56. The highest BCUT2D eigenvalue weighted by molar-refractivity contribution is 6.29. The van der Waals surface area contributed by atoms with Gasteiger partial charge in [-0.05, 0) is 31.4 Å². The van der Waals surface area contributed by atoms with Gasteiger partial charge in [-0.3, -0.25) is 4.99 Å². The number of ether oxygens (including phenoxy) is 1. The molecule has 0 amide bonds. The molecule has 3 rings (SSSR count). The first-order valence-corrected chi connectivity index (χ1v) is 9.62. The molecule has 1 atom stereocenters. The summed E-state index contributed by atoms with van der Waals surface area (Å²) >= 11 is 5.82. The number of pyridine rings is 1. The topological polar surface area (TPSA) is 89.2 Å². The molecular formula is C18H26ClN7O. The Hall–Kier alpha value is -2.19. The summed E-state index contributed by atoms with van der Waals surface area (Å²) in [6, 6.07) is 4.06. The van der Waals surface area contributed by atoms with E-state index in [0.29, 0.717) is 18.3 Å². The van der Waals surface area contributed by atoms with Crippen LogP contribution in [-0.2, 0) is 30.7 Å². The Kier molecular flexibility index (Phi) is 7.00. The fraction of sp³-hybridized carbons (Fsp3) is 0.556. The number of fused-ring (bicyclic) bond motifs is 1. The molecule has 146 valence electrons. The van der Waals surface area contributed by atoms with E-state index in [2.05, 4.69) is 37.6 Å². The van der Waals surface area contributed by atoms with Crippen molar-refractivity contribution in [2.45, 2.75) is 45.4 Å². The first-order chi connectivity index (χ1) is 13.2. The molecule has 1 unspecified atom stereocenters. The molecule has 0 aromatic carbocycles. The molecule has 8 nitrogen and oxygen atoms in total. The Morgan fingerprint density at radius 1 is 1.44 bits per heavy atom. The smallest absolute Gasteiger partial charge is 0.191 e. The minimum Gasteiger partial charge on any atom is -0.377 e. The number of nitrogens with zero attached hydrogens (tertiary/aromatic N) is 5. The molecule has 3 heterocycles. The van der Waals surface area contributed by atoms with Gasteiger partial charge in [0.05, 0.1) is 6.54 Å². The molecule has 2 aromatic rings. The summed E-state index contributed by atoms with van der Waals surface area (Å²) < 4.78 is 7.09. The SMILES string of the molecule is CCNC(=NCCc1ccc(Cl)nc1)NC1CCc2nc(COC)nn2C1. The maximum atomic E-state index is 5.82. The monoisotopic (exact) mass is 391 g/mol. The lowest BCUT2D eigenvalue weighted by atomic mass is 10.1. The molecule has 0 spiro atoms. The molecule has 0 saturated heterocycles. The number of halogens is 1. The van der Waals surface area contributed by atoms with Gasteiger partial charge < -0.3 is 15.4 Å². The number of guanidine groups is 1. The van der Waals surface area contributed by atoms with Crippen molar-refractivity contribution < 1.29 is 4.74 Å². The third-order valence-electron chi connectivity index (χ3n) is 4.32. The van der Waals surface area contributed by atoms with Crippen LogP contribution in [0.25, 0.3) is 0 Å². The molecule has 0 fully saturated rings. The van der Waals surface area contributed by atoms with E-state index in [4.69, 9.17) is 16.3 Å². The van der Waals surface area contributed by atoms with Crippen LogP contribution in [0.3, 0.4) is 0 Å². The second-order valence-electron chi connectivity index (χ2n) is 6.44. The van der Waals surface area contributed by atoms with E-state index >= 15 is 0 Å². The summed E-state index contributed by atoms with van der Waals surface area (Å²) in [5, 5.41) is 11.9. The van der Waals surface area contributed by atoms with Crippen LogP contribution in [0.4, 0.5) is 0 Å². The van der Waals surface area contributed by atoms with Crippen LogP contribution < -0.4 is 10.6 Å². The maximum absolute atomic E-state index is 5.82. The molecule has 0 radical (unpaired) electrons. The number of methoxy groups -OCH3 is 1. The molecule has 0 aliphatic carbocycles. The molecule has 0 saturated carbocycles. The molecule has 0 bridgehead atoms. The van der Waals surface area contributed by atoms with Crippen LogP contribution in [0.1, 0.15) is 30.6 Å². The van der Waals surface area contributed by atoms with Crippen molar-refractivity contribution >= 4 is 17.6 Å². The van der Waals surface area contributed by atoms with Crippen LogP contribution >= 0.6 is 11.6 Å². The van der Waals surface area contributed by atoms with E-state index in [-0.39, 0.29) is 6.04 Å². The van der Waals surface area contributed by atoms with E-state index in [1.165, 1.54) is 0 Å². The van der Waals surface area contributed by atoms with Gasteiger partial charge in [-0.2, -0.15) is 5.10 Å². The fourth-order valence-corrected chi connectivity index (χ4v) is 3.14. The van der Waals surface area contributed by atoms with Crippen molar-refractivity contribution in [3.63, 3.8) is 0 Å². The van der Waals surface area contributed by atoms with Crippen molar-refractivity contribution in [1.29, 1.82) is 0 Å². The first kappa shape index (κ1) is 19.6. The summed E-state index contributed by atoms with van der Waals surface area (Å²) in [7, 11) is 1.66. The zero-order valence-electron chi connectivity index (χ0n) is 15.8. The van der Waals surface area contributed by atoms with Crippen molar-refractivity contribution in [2.75, 3.05) is 20.2 Å². The average molecular weight is 392 g/mol. The third-order valence-corrected chi connectivity index (χ3v) is 4.54. The number of hydrogen-bond donors (Lipinski definition) is 2. The van der Waals surface area contributed by atoms with Crippen LogP contribution in [0.5, 0.6) is 0 Å². The molecule has 2 aromatic heterocycles. The minimum atomic E-state index is 0.268. The largest absolute Gasteiger partial charge is 0.377 e. The van der Waals surface area contributed by atoms with E-state index in [1.807, 2.05) is 10.7 Å². The molecule has 27 heavy (non-hydrogen) atoms. The molecule has 1 aliphatic heterocycles. The highest BCUT2D eigenvalue weighted by Gasteiger charge is 2.22. The highest BCUT2D eigenvalue weighted by atomic mass is 35.5. The lowest BCUT2D eigenvalue weighted by Crippen LogP contribution is -2.47. The fourth-order valence-electron chi connectivity index (χ4n) is 3.03. The van der Waals surface area contributed by atoms with Crippen molar-refractivity contribution in [3.8, 4) is 0 Å².